The van der Waals surface area contributed by atoms with Crippen LogP contribution in [0.1, 0.15) is 26.3 Å². The van der Waals surface area contributed by atoms with Crippen LogP contribution in [-0.2, 0) is 14.8 Å². The normalized spacial score (nSPS) is 12.7. The summed E-state index contributed by atoms with van der Waals surface area (Å²) in [7, 11) is -3.94. The van der Waals surface area contributed by atoms with Gasteiger partial charge < -0.3 is 11.1 Å². The molecular weight excluding hydrogens is 292 g/mol. The van der Waals surface area contributed by atoms with Crippen LogP contribution >= 0.6 is 0 Å². The third-order valence-electron chi connectivity index (χ3n) is 2.58. The van der Waals surface area contributed by atoms with Crippen LogP contribution in [0.3, 0.4) is 0 Å². The third-order valence-corrected chi connectivity index (χ3v) is 4.20. The summed E-state index contributed by atoms with van der Waals surface area (Å²) < 4.78 is 26.7. The maximum atomic E-state index is 12.2. The minimum Gasteiger partial charge on any atom is -0.398 e. The van der Waals surface area contributed by atoms with Gasteiger partial charge in [0.15, 0.2) is 0 Å². The minimum absolute atomic E-state index is 0.0435. The predicted octanol–water partition coefficient (Wildman–Crippen LogP) is 0.332. The number of hydrogen-bond acceptors (Lipinski definition) is 5. The molecule has 1 atom stereocenters. The quantitative estimate of drug-likeness (QED) is 0.676. The van der Waals surface area contributed by atoms with E-state index < -0.39 is 22.0 Å². The van der Waals surface area contributed by atoms with Crippen molar-refractivity contribution >= 4 is 21.6 Å². The summed E-state index contributed by atoms with van der Waals surface area (Å²) in [4.78, 5) is 11.6. The molecule has 4 N–H and O–H groups in total. The number of nitrogens with zero attached hydrogens (tertiary/aromatic N) is 1. The number of amides is 1. The van der Waals surface area contributed by atoms with E-state index in [1.165, 1.54) is 25.1 Å². The van der Waals surface area contributed by atoms with Crippen LogP contribution < -0.4 is 15.8 Å². The molecule has 1 aromatic carbocycles. The lowest BCUT2D eigenvalue weighted by Crippen LogP contribution is -2.46. The first-order valence-electron chi connectivity index (χ1n) is 6.29. The Kier molecular flexibility index (Phi) is 5.29. The van der Waals surface area contributed by atoms with E-state index in [4.69, 9.17) is 11.0 Å². The average molecular weight is 310 g/mol. The Bertz CT molecular complexity index is 677. The van der Waals surface area contributed by atoms with Gasteiger partial charge in [-0.1, -0.05) is 0 Å². The molecule has 0 aliphatic heterocycles. The number of benzene rings is 1. The fourth-order valence-electron chi connectivity index (χ4n) is 1.62. The van der Waals surface area contributed by atoms with Gasteiger partial charge in [0.1, 0.15) is 4.90 Å². The summed E-state index contributed by atoms with van der Waals surface area (Å²) in [6.07, 6.45) is 0. The molecule has 1 rings (SSSR count). The largest absolute Gasteiger partial charge is 0.398 e. The van der Waals surface area contributed by atoms with Gasteiger partial charge in [-0.25, -0.2) is 8.42 Å². The molecule has 0 heterocycles. The highest BCUT2D eigenvalue weighted by atomic mass is 32.2. The van der Waals surface area contributed by atoms with Crippen molar-refractivity contribution in [2.24, 2.45) is 0 Å². The molecule has 0 saturated heterocycles. The SMILES string of the molecule is CC(C)NC(=O)C(C)NS(=O)(=O)c1ccc(C#N)cc1N. The first-order chi connectivity index (χ1) is 9.67. The Morgan fingerprint density at radius 1 is 1.33 bits per heavy atom. The topological polar surface area (TPSA) is 125 Å². The Labute approximate surface area is 124 Å². The number of hydrogen-bond donors (Lipinski definition) is 3. The lowest BCUT2D eigenvalue weighted by Gasteiger charge is -2.16. The smallest absolute Gasteiger partial charge is 0.243 e. The number of nitrogens with two attached hydrogens (primary N) is 1. The molecular formula is C13H18N4O3S. The van der Waals surface area contributed by atoms with Crippen molar-refractivity contribution < 1.29 is 13.2 Å². The van der Waals surface area contributed by atoms with E-state index in [2.05, 4.69) is 10.0 Å². The second kappa shape index (κ2) is 6.56. The summed E-state index contributed by atoms with van der Waals surface area (Å²) in [5.74, 6) is -0.430. The molecule has 0 aromatic heterocycles. The summed E-state index contributed by atoms with van der Waals surface area (Å²) in [5, 5.41) is 11.3. The van der Waals surface area contributed by atoms with Crippen molar-refractivity contribution in [1.82, 2.24) is 10.0 Å². The molecule has 1 unspecified atom stereocenters. The highest BCUT2D eigenvalue weighted by Crippen LogP contribution is 2.19. The number of anilines is 1. The van der Waals surface area contributed by atoms with E-state index in [9.17, 15) is 13.2 Å². The number of carbonyl (C=O) groups is 1. The van der Waals surface area contributed by atoms with Crippen molar-refractivity contribution in [1.29, 1.82) is 5.26 Å². The maximum absolute atomic E-state index is 12.2. The van der Waals surface area contributed by atoms with Crippen LogP contribution in [0.15, 0.2) is 23.1 Å². The second-order valence-corrected chi connectivity index (χ2v) is 6.55. The summed E-state index contributed by atoms with van der Waals surface area (Å²) in [6, 6.07) is 4.70. The fourth-order valence-corrected chi connectivity index (χ4v) is 2.94. The van der Waals surface area contributed by atoms with Crippen LogP contribution in [0.25, 0.3) is 0 Å². The molecule has 0 aliphatic carbocycles. The first kappa shape index (κ1) is 16.9. The molecule has 7 nitrogen and oxygen atoms in total. The van der Waals surface area contributed by atoms with Gasteiger partial charge >= 0.3 is 0 Å². The Morgan fingerprint density at radius 3 is 2.43 bits per heavy atom. The zero-order valence-corrected chi connectivity index (χ0v) is 12.9. The Balaban J connectivity index is 2.97. The molecule has 0 aliphatic rings. The van der Waals surface area contributed by atoms with Crippen molar-refractivity contribution in [3.05, 3.63) is 23.8 Å². The van der Waals surface area contributed by atoms with E-state index in [1.807, 2.05) is 6.07 Å². The summed E-state index contributed by atoms with van der Waals surface area (Å²) in [6.45, 7) is 4.99. The zero-order valence-electron chi connectivity index (χ0n) is 12.0. The average Bonchev–Trinajstić information content (AvgIpc) is 2.36. The lowest BCUT2D eigenvalue weighted by molar-refractivity contribution is -0.122. The van der Waals surface area contributed by atoms with Crippen molar-refractivity contribution in [2.45, 2.75) is 37.8 Å². The number of nitrogens with one attached hydrogen (secondary N) is 2. The van der Waals surface area contributed by atoms with Gasteiger partial charge in [0.05, 0.1) is 23.4 Å². The van der Waals surface area contributed by atoms with Gasteiger partial charge in [-0.15, -0.1) is 0 Å². The molecule has 0 bridgehead atoms. The van der Waals surface area contributed by atoms with Crippen molar-refractivity contribution in [2.75, 3.05) is 5.73 Å². The molecule has 0 spiro atoms. The van der Waals surface area contributed by atoms with E-state index in [0.29, 0.717) is 0 Å². The molecule has 1 aromatic rings. The van der Waals surface area contributed by atoms with Crippen molar-refractivity contribution in [3.63, 3.8) is 0 Å². The molecule has 1 amide bonds. The monoisotopic (exact) mass is 310 g/mol. The first-order valence-corrected chi connectivity index (χ1v) is 7.78. The Morgan fingerprint density at radius 2 is 1.95 bits per heavy atom. The standard InChI is InChI=1S/C13H18N4O3S/c1-8(2)16-13(18)9(3)17-21(19,20)12-5-4-10(7-14)6-11(12)15/h4-6,8-9,17H,15H2,1-3H3,(H,16,18). The van der Waals surface area contributed by atoms with E-state index >= 15 is 0 Å². The summed E-state index contributed by atoms with van der Waals surface area (Å²) in [5.41, 5.74) is 5.86. The van der Waals surface area contributed by atoms with Crippen LogP contribution in [0.5, 0.6) is 0 Å². The van der Waals surface area contributed by atoms with Gasteiger partial charge in [-0.2, -0.15) is 9.98 Å². The molecule has 8 heteroatoms. The summed E-state index contributed by atoms with van der Waals surface area (Å²) >= 11 is 0. The van der Waals surface area contributed by atoms with E-state index in [1.54, 1.807) is 13.8 Å². The highest BCUT2D eigenvalue weighted by molar-refractivity contribution is 7.89. The minimum atomic E-state index is -3.94. The van der Waals surface area contributed by atoms with Crippen molar-refractivity contribution in [3.8, 4) is 6.07 Å². The molecule has 0 radical (unpaired) electrons. The van der Waals surface area contributed by atoms with Crippen LogP contribution in [0.2, 0.25) is 0 Å². The van der Waals surface area contributed by atoms with Crippen LogP contribution in [-0.4, -0.2) is 26.4 Å². The van der Waals surface area contributed by atoms with Crippen LogP contribution in [0, 0.1) is 11.3 Å². The van der Waals surface area contributed by atoms with E-state index in [-0.39, 0.29) is 22.2 Å². The molecule has 0 saturated carbocycles. The highest BCUT2D eigenvalue weighted by Gasteiger charge is 2.24. The number of carbonyl (C=O) groups excluding carboxylic acids is 1. The van der Waals surface area contributed by atoms with Gasteiger partial charge in [0, 0.05) is 6.04 Å². The number of nitriles is 1. The molecule has 21 heavy (non-hydrogen) atoms. The van der Waals surface area contributed by atoms with Crippen LogP contribution in [0.4, 0.5) is 5.69 Å². The predicted molar refractivity (Wildman–Crippen MR) is 78.6 cm³/mol. The Hall–Kier alpha value is -2.11. The number of nitrogen functional groups attached to an aromatic ring is 1. The maximum Gasteiger partial charge on any atom is 0.243 e. The van der Waals surface area contributed by atoms with E-state index in [0.717, 1.165) is 0 Å². The zero-order chi connectivity index (χ0) is 16.2. The number of sulfonamides is 1. The second-order valence-electron chi connectivity index (χ2n) is 4.87. The lowest BCUT2D eigenvalue weighted by atomic mass is 10.2. The van der Waals surface area contributed by atoms with Gasteiger partial charge in [-0.05, 0) is 39.0 Å². The van der Waals surface area contributed by atoms with Gasteiger partial charge in [0.25, 0.3) is 0 Å². The van der Waals surface area contributed by atoms with Gasteiger partial charge in [0.2, 0.25) is 15.9 Å². The molecule has 0 fully saturated rings. The van der Waals surface area contributed by atoms with Gasteiger partial charge in [-0.3, -0.25) is 4.79 Å². The number of rotatable bonds is 5. The third kappa shape index (κ3) is 4.44. The fraction of sp³-hybridized carbons (Fsp3) is 0.385. The molecule has 114 valence electrons.